The van der Waals surface area contributed by atoms with Crippen molar-refractivity contribution < 1.29 is 33.0 Å². The lowest BCUT2D eigenvalue weighted by Gasteiger charge is -2.18. The minimum absolute atomic E-state index is 0.00769. The standard InChI is InChI=1S/C27H44F2O5/c1-4-5-6-13-18-27(28,29)25(32)17-16-22-21(23(30)19-24(22)31)14-11-9-7-8-10-12-15-26(33)34-20(2)3/h16-17,20-22,24,31H,4-15,18-19H2,1-3H3/b17-16+/t21-,22-,24-/m1/s1. The number of esters is 1. The van der Waals surface area contributed by atoms with E-state index in [0.29, 0.717) is 25.7 Å². The molecule has 0 radical (unpaired) electrons. The number of unbranched alkanes of at least 4 members (excludes halogenated alkanes) is 8. The molecule has 0 bridgehead atoms. The van der Waals surface area contributed by atoms with Crippen LogP contribution < -0.4 is 0 Å². The van der Waals surface area contributed by atoms with E-state index >= 15 is 0 Å². The van der Waals surface area contributed by atoms with E-state index in [2.05, 4.69) is 0 Å². The van der Waals surface area contributed by atoms with Crippen LogP contribution in [0.3, 0.4) is 0 Å². The molecule has 0 aromatic rings. The summed E-state index contributed by atoms with van der Waals surface area (Å²) in [4.78, 5) is 35.8. The molecule has 1 rings (SSSR count). The molecule has 0 aliphatic heterocycles. The highest BCUT2D eigenvalue weighted by molar-refractivity contribution is 5.95. The van der Waals surface area contributed by atoms with Crippen LogP contribution in [0.2, 0.25) is 0 Å². The Morgan fingerprint density at radius 1 is 1.06 bits per heavy atom. The molecule has 5 nitrogen and oxygen atoms in total. The van der Waals surface area contributed by atoms with Crippen molar-refractivity contribution in [2.75, 3.05) is 0 Å². The highest BCUT2D eigenvalue weighted by atomic mass is 19.3. The molecule has 1 N–H and O–H groups in total. The van der Waals surface area contributed by atoms with Gasteiger partial charge in [0.2, 0.25) is 5.78 Å². The summed E-state index contributed by atoms with van der Waals surface area (Å²) in [6.07, 6.45) is 9.93. The molecule has 7 heteroatoms. The van der Waals surface area contributed by atoms with Crippen LogP contribution in [0.4, 0.5) is 8.78 Å². The van der Waals surface area contributed by atoms with Gasteiger partial charge in [0, 0.05) is 31.1 Å². The molecule has 1 aliphatic rings. The van der Waals surface area contributed by atoms with Crippen molar-refractivity contribution in [3.63, 3.8) is 0 Å². The van der Waals surface area contributed by atoms with E-state index in [4.69, 9.17) is 4.74 Å². The Morgan fingerprint density at radius 2 is 1.68 bits per heavy atom. The Balaban J connectivity index is 2.38. The van der Waals surface area contributed by atoms with Crippen molar-refractivity contribution in [1.82, 2.24) is 0 Å². The maximum atomic E-state index is 14.1. The van der Waals surface area contributed by atoms with Crippen LogP contribution in [0, 0.1) is 11.8 Å². The number of alkyl halides is 2. The van der Waals surface area contributed by atoms with Gasteiger partial charge in [-0.25, -0.2) is 0 Å². The Bertz CT molecular complexity index is 659. The van der Waals surface area contributed by atoms with Crippen molar-refractivity contribution in [2.24, 2.45) is 11.8 Å². The summed E-state index contributed by atoms with van der Waals surface area (Å²) in [5.41, 5.74) is 0. The summed E-state index contributed by atoms with van der Waals surface area (Å²) in [7, 11) is 0. The topological polar surface area (TPSA) is 80.7 Å². The van der Waals surface area contributed by atoms with Crippen molar-refractivity contribution in [3.05, 3.63) is 12.2 Å². The molecule has 0 aromatic heterocycles. The van der Waals surface area contributed by atoms with Gasteiger partial charge in [0.25, 0.3) is 0 Å². The highest BCUT2D eigenvalue weighted by Gasteiger charge is 2.41. The maximum absolute atomic E-state index is 14.1. The Labute approximate surface area is 203 Å². The molecule has 0 saturated heterocycles. The minimum Gasteiger partial charge on any atom is -0.463 e. The average molecular weight is 487 g/mol. The fourth-order valence-corrected chi connectivity index (χ4v) is 4.47. The number of carbonyl (C=O) groups excluding carboxylic acids is 3. The first-order chi connectivity index (χ1) is 16.1. The number of carbonyl (C=O) groups is 3. The van der Waals surface area contributed by atoms with Gasteiger partial charge in [-0.1, -0.05) is 64.4 Å². The number of allylic oxidation sites excluding steroid dienone is 1. The van der Waals surface area contributed by atoms with Crippen LogP contribution in [0.15, 0.2) is 12.2 Å². The number of ketones is 2. The third kappa shape index (κ3) is 11.7. The Morgan fingerprint density at radius 3 is 2.32 bits per heavy atom. The average Bonchev–Trinajstić information content (AvgIpc) is 3.02. The first-order valence-electron chi connectivity index (χ1n) is 13.1. The van der Waals surface area contributed by atoms with Crippen molar-refractivity contribution in [3.8, 4) is 0 Å². The summed E-state index contributed by atoms with van der Waals surface area (Å²) in [5, 5.41) is 10.2. The molecule has 1 fully saturated rings. The molecular formula is C27H44F2O5. The lowest BCUT2D eigenvalue weighted by Crippen LogP contribution is -2.27. The van der Waals surface area contributed by atoms with E-state index in [1.54, 1.807) is 0 Å². The van der Waals surface area contributed by atoms with Gasteiger partial charge in [0.05, 0.1) is 12.2 Å². The molecule has 0 heterocycles. The molecule has 0 amide bonds. The lowest BCUT2D eigenvalue weighted by atomic mass is 9.88. The zero-order chi connectivity index (χ0) is 25.6. The third-order valence-corrected chi connectivity index (χ3v) is 6.42. The Hall–Kier alpha value is -1.63. The molecule has 1 aliphatic carbocycles. The predicted octanol–water partition coefficient (Wildman–Crippen LogP) is 6.36. The van der Waals surface area contributed by atoms with Crippen LogP contribution >= 0.6 is 0 Å². The summed E-state index contributed by atoms with van der Waals surface area (Å²) < 4.78 is 33.3. The maximum Gasteiger partial charge on any atom is 0.309 e. The van der Waals surface area contributed by atoms with Crippen LogP contribution in [-0.2, 0) is 19.1 Å². The number of hydrogen-bond acceptors (Lipinski definition) is 5. The van der Waals surface area contributed by atoms with Crippen molar-refractivity contribution in [2.45, 2.75) is 129 Å². The summed E-state index contributed by atoms with van der Waals surface area (Å²) in [5.74, 6) is -5.89. The largest absolute Gasteiger partial charge is 0.463 e. The van der Waals surface area contributed by atoms with Gasteiger partial charge < -0.3 is 9.84 Å². The van der Waals surface area contributed by atoms with Crippen LogP contribution in [0.1, 0.15) is 111 Å². The smallest absolute Gasteiger partial charge is 0.309 e. The molecule has 0 unspecified atom stereocenters. The van der Waals surface area contributed by atoms with E-state index in [0.717, 1.165) is 57.4 Å². The highest BCUT2D eigenvalue weighted by Crippen LogP contribution is 2.35. The van der Waals surface area contributed by atoms with Gasteiger partial charge in [-0.2, -0.15) is 8.78 Å². The number of rotatable bonds is 18. The van der Waals surface area contributed by atoms with Gasteiger partial charge >= 0.3 is 11.9 Å². The SMILES string of the molecule is CCCCCCC(F)(F)C(=O)/C=C/[C@H]1[C@H](O)CC(=O)[C@@H]1CCCCCCCCC(=O)OC(C)C. The molecule has 3 atom stereocenters. The van der Waals surface area contributed by atoms with Gasteiger partial charge in [-0.05, 0) is 39.2 Å². The van der Waals surface area contributed by atoms with Crippen LogP contribution in [0.5, 0.6) is 0 Å². The van der Waals surface area contributed by atoms with Crippen LogP contribution in [0.25, 0.3) is 0 Å². The monoisotopic (exact) mass is 486 g/mol. The molecule has 34 heavy (non-hydrogen) atoms. The summed E-state index contributed by atoms with van der Waals surface area (Å²) in [6, 6.07) is 0. The number of aliphatic hydroxyl groups excluding tert-OH is 1. The van der Waals surface area contributed by atoms with Gasteiger partial charge in [-0.15, -0.1) is 0 Å². The molecule has 1 saturated carbocycles. The van der Waals surface area contributed by atoms with Gasteiger partial charge in [0.15, 0.2) is 0 Å². The van der Waals surface area contributed by atoms with Gasteiger partial charge in [-0.3, -0.25) is 14.4 Å². The summed E-state index contributed by atoms with van der Waals surface area (Å²) in [6.45, 7) is 5.65. The first-order valence-corrected chi connectivity index (χ1v) is 13.1. The molecule has 0 spiro atoms. The lowest BCUT2D eigenvalue weighted by molar-refractivity contribution is -0.147. The number of Topliss-reactive ketones (excluding diaryl/α,β-unsaturated/α-hetero) is 1. The molecule has 0 aromatic carbocycles. The third-order valence-electron chi connectivity index (χ3n) is 6.42. The fraction of sp³-hybridized carbons (Fsp3) is 0.815. The van der Waals surface area contributed by atoms with E-state index in [1.165, 1.54) is 6.08 Å². The van der Waals surface area contributed by atoms with E-state index < -0.39 is 36.1 Å². The molecule has 196 valence electrons. The van der Waals surface area contributed by atoms with Crippen LogP contribution in [-0.4, -0.2) is 40.8 Å². The van der Waals surface area contributed by atoms with E-state index in [-0.39, 0.29) is 24.3 Å². The summed E-state index contributed by atoms with van der Waals surface area (Å²) >= 11 is 0. The zero-order valence-corrected chi connectivity index (χ0v) is 21.2. The van der Waals surface area contributed by atoms with Gasteiger partial charge in [0.1, 0.15) is 5.78 Å². The molecular weight excluding hydrogens is 442 g/mol. The predicted molar refractivity (Wildman–Crippen MR) is 129 cm³/mol. The van der Waals surface area contributed by atoms with Crippen molar-refractivity contribution in [1.29, 1.82) is 0 Å². The Kier molecular flexibility index (Phi) is 14.4. The first kappa shape index (κ1) is 30.4. The number of halogens is 2. The second-order valence-electron chi connectivity index (χ2n) is 9.86. The van der Waals surface area contributed by atoms with Crippen molar-refractivity contribution >= 4 is 17.5 Å². The number of hydrogen-bond donors (Lipinski definition) is 1. The number of ether oxygens (including phenoxy) is 1. The zero-order valence-electron chi connectivity index (χ0n) is 21.2. The van der Waals surface area contributed by atoms with E-state index in [1.807, 2.05) is 20.8 Å². The second kappa shape index (κ2) is 16.1. The normalized spacial score (nSPS) is 21.0. The number of aliphatic hydroxyl groups is 1. The second-order valence-corrected chi connectivity index (χ2v) is 9.86. The van der Waals surface area contributed by atoms with E-state index in [9.17, 15) is 28.3 Å². The minimum atomic E-state index is -3.40. The quantitative estimate of drug-likeness (QED) is 0.139. The fourth-order valence-electron chi connectivity index (χ4n) is 4.47.